The number of rotatable bonds is 9. The van der Waals surface area contributed by atoms with Gasteiger partial charge in [-0.2, -0.15) is 11.8 Å². The minimum absolute atomic E-state index is 0.0111. The van der Waals surface area contributed by atoms with E-state index in [9.17, 15) is 14.4 Å². The molecule has 1 aromatic rings. The van der Waals surface area contributed by atoms with Crippen molar-refractivity contribution >= 4 is 29.6 Å². The van der Waals surface area contributed by atoms with Gasteiger partial charge in [0, 0.05) is 19.1 Å². The number of carbonyl (C=O) groups is 3. The normalized spacial score (nSPS) is 21.5. The van der Waals surface area contributed by atoms with Crippen molar-refractivity contribution < 1.29 is 14.4 Å². The van der Waals surface area contributed by atoms with E-state index in [0.29, 0.717) is 26.1 Å². The summed E-state index contributed by atoms with van der Waals surface area (Å²) in [7, 11) is 0. The Morgan fingerprint density at radius 2 is 1.85 bits per heavy atom. The number of fused-ring (bicyclic) bond motifs is 1. The van der Waals surface area contributed by atoms with Gasteiger partial charge in [0.05, 0.1) is 13.1 Å². The molecule has 0 spiro atoms. The number of piperazine rings is 1. The second kappa shape index (κ2) is 11.7. The van der Waals surface area contributed by atoms with Crippen molar-refractivity contribution in [3.8, 4) is 0 Å². The summed E-state index contributed by atoms with van der Waals surface area (Å²) in [6.45, 7) is 7.47. The van der Waals surface area contributed by atoms with Crippen LogP contribution < -0.4 is 5.32 Å². The molecular weight excluding hydrogens is 438 g/mol. The highest BCUT2D eigenvalue weighted by molar-refractivity contribution is 7.98. The average molecular weight is 476 g/mol. The van der Waals surface area contributed by atoms with Crippen LogP contribution in [0.4, 0.5) is 4.79 Å². The maximum Gasteiger partial charge on any atom is 0.334 e. The highest BCUT2D eigenvalue weighted by atomic mass is 32.2. The van der Waals surface area contributed by atoms with Gasteiger partial charge in [-0.15, -0.1) is 0 Å². The molecule has 2 saturated heterocycles. The minimum atomic E-state index is -0.535. The molecule has 0 aromatic heterocycles. The monoisotopic (exact) mass is 475 g/mol. The van der Waals surface area contributed by atoms with Crippen LogP contribution in [-0.4, -0.2) is 87.6 Å². The molecule has 0 bridgehead atoms. The van der Waals surface area contributed by atoms with Crippen molar-refractivity contribution in [3.05, 3.63) is 35.9 Å². The zero-order valence-corrected chi connectivity index (χ0v) is 21.0. The van der Waals surface area contributed by atoms with Crippen LogP contribution in [0.15, 0.2) is 30.3 Å². The van der Waals surface area contributed by atoms with Crippen molar-refractivity contribution in [1.82, 2.24) is 25.1 Å². The van der Waals surface area contributed by atoms with E-state index in [0.717, 1.165) is 24.2 Å². The van der Waals surface area contributed by atoms with Crippen LogP contribution in [0.1, 0.15) is 45.6 Å². The maximum atomic E-state index is 13.5. The Hall–Kier alpha value is -2.26. The lowest BCUT2D eigenvalue weighted by Gasteiger charge is -2.56. The van der Waals surface area contributed by atoms with Gasteiger partial charge >= 0.3 is 6.03 Å². The predicted molar refractivity (Wildman–Crippen MR) is 131 cm³/mol. The lowest BCUT2D eigenvalue weighted by Crippen LogP contribution is -2.77. The summed E-state index contributed by atoms with van der Waals surface area (Å²) in [6.07, 6.45) is 3.77. The highest BCUT2D eigenvalue weighted by Gasteiger charge is 2.51. The van der Waals surface area contributed by atoms with E-state index in [1.165, 1.54) is 0 Å². The molecule has 2 aliphatic rings. The van der Waals surface area contributed by atoms with Crippen molar-refractivity contribution in [2.24, 2.45) is 0 Å². The highest BCUT2D eigenvalue weighted by Crippen LogP contribution is 2.30. The van der Waals surface area contributed by atoms with Crippen LogP contribution in [0.25, 0.3) is 0 Å². The van der Waals surface area contributed by atoms with E-state index in [1.807, 2.05) is 48.4 Å². The van der Waals surface area contributed by atoms with E-state index < -0.39 is 12.2 Å². The molecular formula is C24H37N5O3S. The van der Waals surface area contributed by atoms with Crippen molar-refractivity contribution in [1.29, 1.82) is 0 Å². The number of hydrogen-bond acceptors (Lipinski definition) is 5. The molecule has 0 radical (unpaired) electrons. The number of hydrazine groups is 1. The Kier molecular flexibility index (Phi) is 9.02. The van der Waals surface area contributed by atoms with E-state index in [-0.39, 0.29) is 30.4 Å². The molecule has 8 nitrogen and oxygen atoms in total. The SMILES string of the molecule is CCC(CC)N1C[C@H]2N(C(=O)CN(CC)N2C(=O)NCc2ccccc2)[C@@H](CCSC)C1=O. The van der Waals surface area contributed by atoms with Gasteiger partial charge in [-0.25, -0.2) is 14.8 Å². The number of nitrogens with one attached hydrogen (secondary N) is 1. The van der Waals surface area contributed by atoms with Gasteiger partial charge in [-0.3, -0.25) is 9.59 Å². The van der Waals surface area contributed by atoms with E-state index in [2.05, 4.69) is 19.2 Å². The molecule has 1 N–H and O–H groups in total. The third kappa shape index (κ3) is 5.46. The molecule has 9 heteroatoms. The topological polar surface area (TPSA) is 76.2 Å². The zero-order chi connectivity index (χ0) is 24.0. The molecule has 4 amide bonds. The fraction of sp³-hybridized carbons (Fsp3) is 0.625. The van der Waals surface area contributed by atoms with Gasteiger partial charge in [-0.1, -0.05) is 51.1 Å². The molecule has 33 heavy (non-hydrogen) atoms. The number of benzene rings is 1. The summed E-state index contributed by atoms with van der Waals surface area (Å²) < 4.78 is 0. The summed E-state index contributed by atoms with van der Waals surface area (Å²) in [5, 5.41) is 6.50. The van der Waals surface area contributed by atoms with E-state index in [4.69, 9.17) is 0 Å². The quantitative estimate of drug-likeness (QED) is 0.594. The molecule has 0 unspecified atom stereocenters. The average Bonchev–Trinajstić information content (AvgIpc) is 2.83. The molecule has 3 rings (SSSR count). The largest absolute Gasteiger partial charge is 0.334 e. The maximum absolute atomic E-state index is 13.5. The summed E-state index contributed by atoms with van der Waals surface area (Å²) in [5.74, 6) is 0.705. The predicted octanol–water partition coefficient (Wildman–Crippen LogP) is 2.76. The van der Waals surface area contributed by atoms with Crippen molar-refractivity contribution in [2.75, 3.05) is 31.6 Å². The van der Waals surface area contributed by atoms with E-state index >= 15 is 0 Å². The van der Waals surface area contributed by atoms with Crippen LogP contribution in [-0.2, 0) is 16.1 Å². The number of urea groups is 1. The first kappa shape index (κ1) is 25.4. The van der Waals surface area contributed by atoms with Gasteiger partial charge in [-0.05, 0) is 36.8 Å². The van der Waals surface area contributed by atoms with Crippen molar-refractivity contribution in [3.63, 3.8) is 0 Å². The second-order valence-electron chi connectivity index (χ2n) is 8.51. The molecule has 2 fully saturated rings. The number of thioether (sulfide) groups is 1. The first-order valence-electron chi connectivity index (χ1n) is 11.9. The molecule has 2 atom stereocenters. The Labute approximate surface area is 201 Å². The van der Waals surface area contributed by atoms with Crippen LogP contribution in [0.5, 0.6) is 0 Å². The second-order valence-corrected chi connectivity index (χ2v) is 9.50. The van der Waals surface area contributed by atoms with Gasteiger partial charge in [0.1, 0.15) is 12.2 Å². The summed E-state index contributed by atoms with van der Waals surface area (Å²) in [4.78, 5) is 43.8. The lowest BCUT2D eigenvalue weighted by molar-refractivity contribution is -0.192. The van der Waals surface area contributed by atoms with Gasteiger partial charge in [0.25, 0.3) is 0 Å². The van der Waals surface area contributed by atoms with Gasteiger partial charge < -0.3 is 15.1 Å². The molecule has 1 aromatic carbocycles. The number of carbonyl (C=O) groups excluding carboxylic acids is 3. The lowest BCUT2D eigenvalue weighted by atomic mass is 10.0. The standard InChI is InChI=1S/C24H37N5O3S/c1-5-19(6-2)27-16-21-28(20(23(27)31)13-14-33-4)22(30)17-26(7-3)29(21)24(32)25-15-18-11-9-8-10-12-18/h8-12,19-21H,5-7,13-17H2,1-4H3,(H,25,32)/t20-,21-/m0/s1. The van der Waals surface area contributed by atoms with Crippen molar-refractivity contribution in [2.45, 2.75) is 64.8 Å². The number of likely N-dealkylation sites (N-methyl/N-ethyl adjacent to an activating group) is 1. The summed E-state index contributed by atoms with van der Waals surface area (Å²) in [5.41, 5.74) is 1.01. The van der Waals surface area contributed by atoms with Gasteiger partial charge in [0.2, 0.25) is 11.8 Å². The Morgan fingerprint density at radius 1 is 1.15 bits per heavy atom. The molecule has 0 aliphatic carbocycles. The molecule has 182 valence electrons. The van der Waals surface area contributed by atoms with Gasteiger partial charge in [0.15, 0.2) is 0 Å². The Balaban J connectivity index is 1.91. The third-order valence-corrected chi connectivity index (χ3v) is 7.26. The number of amides is 4. The number of hydrogen-bond donors (Lipinski definition) is 1. The van der Waals surface area contributed by atoms with Crippen LogP contribution in [0, 0.1) is 0 Å². The van der Waals surface area contributed by atoms with Crippen LogP contribution in [0.2, 0.25) is 0 Å². The fourth-order valence-corrected chi connectivity index (χ4v) is 5.30. The first-order valence-corrected chi connectivity index (χ1v) is 13.3. The zero-order valence-electron chi connectivity index (χ0n) is 20.2. The smallest absolute Gasteiger partial charge is 0.334 e. The molecule has 2 heterocycles. The molecule has 0 saturated carbocycles. The summed E-state index contributed by atoms with van der Waals surface area (Å²) in [6, 6.07) is 9.08. The fourth-order valence-electron chi connectivity index (χ4n) is 4.84. The van der Waals surface area contributed by atoms with E-state index in [1.54, 1.807) is 26.7 Å². The Morgan fingerprint density at radius 3 is 2.45 bits per heavy atom. The Bertz CT molecular complexity index is 820. The van der Waals surface area contributed by atoms with Crippen LogP contribution >= 0.6 is 11.8 Å². The molecule has 2 aliphatic heterocycles. The number of nitrogens with zero attached hydrogens (tertiary/aromatic N) is 4. The van der Waals surface area contributed by atoms with Crippen LogP contribution in [0.3, 0.4) is 0 Å². The first-order chi connectivity index (χ1) is 16.0. The summed E-state index contributed by atoms with van der Waals surface area (Å²) >= 11 is 1.66. The minimum Gasteiger partial charge on any atom is -0.334 e. The third-order valence-electron chi connectivity index (χ3n) is 6.62.